The molecule has 0 atom stereocenters. The van der Waals surface area contributed by atoms with E-state index in [-0.39, 0.29) is 0 Å². The molecule has 0 saturated heterocycles. The van der Waals surface area contributed by atoms with Crippen LogP contribution < -0.4 is 10.1 Å². The molecule has 1 aromatic carbocycles. The lowest BCUT2D eigenvalue weighted by molar-refractivity contribution is 0.416. The van der Waals surface area contributed by atoms with E-state index < -0.39 is 0 Å². The van der Waals surface area contributed by atoms with Gasteiger partial charge in [-0.3, -0.25) is 4.99 Å². The fraction of sp³-hybridized carbons (Fsp3) is 0.0625. The minimum Gasteiger partial charge on any atom is -0.496 e. The molecule has 1 aliphatic rings. The topological polar surface area (TPSA) is 75.2 Å². The van der Waals surface area contributed by atoms with Crippen LogP contribution in [-0.2, 0) is 0 Å². The number of halogens is 1. The maximum Gasteiger partial charge on any atom is 0.157 e. The molecule has 0 spiro atoms. The smallest absolute Gasteiger partial charge is 0.157 e. The number of anilines is 2. The molecule has 6 nitrogen and oxygen atoms in total. The number of hydrogen-bond acceptors (Lipinski definition) is 5. The van der Waals surface area contributed by atoms with Crippen LogP contribution in [0.5, 0.6) is 5.75 Å². The number of benzene rings is 1. The summed E-state index contributed by atoms with van der Waals surface area (Å²) in [6.45, 7) is 0. The average molecular weight is 326 g/mol. The van der Waals surface area contributed by atoms with Gasteiger partial charge in [0, 0.05) is 29.2 Å². The Morgan fingerprint density at radius 1 is 1.26 bits per heavy atom. The Morgan fingerprint density at radius 2 is 2.17 bits per heavy atom. The standard InChI is InChI=1S/C16H12ClN5O/c1-23-14-4-9-6-20-15-11(17)2-3-19-16(15)22-12(9)5-10(14)13-7-18-8-21-13/h2-8H,1H3,(H,18,21)(H,19,22). The molecule has 0 amide bonds. The zero-order valence-electron chi connectivity index (χ0n) is 12.2. The van der Waals surface area contributed by atoms with Crippen molar-refractivity contribution >= 4 is 35.0 Å². The maximum atomic E-state index is 6.20. The summed E-state index contributed by atoms with van der Waals surface area (Å²) < 4.78 is 5.50. The lowest BCUT2D eigenvalue weighted by Crippen LogP contribution is -1.98. The van der Waals surface area contributed by atoms with Crippen LogP contribution in [0.4, 0.5) is 17.2 Å². The van der Waals surface area contributed by atoms with Gasteiger partial charge in [0.1, 0.15) is 11.4 Å². The SMILES string of the molecule is COc1cc2c(cc1-c1cnc[nH]1)Nc1nccc(Cl)c1N=C2. The number of rotatable bonds is 2. The summed E-state index contributed by atoms with van der Waals surface area (Å²) >= 11 is 6.20. The fourth-order valence-corrected chi connectivity index (χ4v) is 2.69. The zero-order valence-corrected chi connectivity index (χ0v) is 12.9. The van der Waals surface area contributed by atoms with Gasteiger partial charge in [0.2, 0.25) is 0 Å². The second-order valence-corrected chi connectivity index (χ2v) is 5.39. The van der Waals surface area contributed by atoms with Crippen LogP contribution in [0.2, 0.25) is 5.02 Å². The van der Waals surface area contributed by atoms with E-state index in [4.69, 9.17) is 16.3 Å². The fourth-order valence-electron chi connectivity index (χ4n) is 2.50. The van der Waals surface area contributed by atoms with Gasteiger partial charge in [-0.25, -0.2) is 9.97 Å². The van der Waals surface area contributed by atoms with E-state index in [1.165, 1.54) is 0 Å². The van der Waals surface area contributed by atoms with Crippen LogP contribution in [0.3, 0.4) is 0 Å². The van der Waals surface area contributed by atoms with Gasteiger partial charge >= 0.3 is 0 Å². The normalized spacial score (nSPS) is 12.1. The van der Waals surface area contributed by atoms with Gasteiger partial charge < -0.3 is 15.0 Å². The number of fused-ring (bicyclic) bond motifs is 2. The van der Waals surface area contributed by atoms with Gasteiger partial charge in [-0.05, 0) is 18.2 Å². The summed E-state index contributed by atoms with van der Waals surface area (Å²) in [4.78, 5) is 15.9. The van der Waals surface area contributed by atoms with E-state index in [1.54, 1.807) is 38.1 Å². The van der Waals surface area contributed by atoms with Crippen LogP contribution in [0.1, 0.15) is 5.56 Å². The molecule has 114 valence electrons. The number of nitrogens with one attached hydrogen (secondary N) is 2. The second-order valence-electron chi connectivity index (χ2n) is 4.98. The minimum atomic E-state index is 0.548. The monoisotopic (exact) mass is 325 g/mol. The molecule has 2 N–H and O–H groups in total. The molecule has 0 radical (unpaired) electrons. The molecule has 0 saturated carbocycles. The number of aromatic nitrogens is 3. The van der Waals surface area contributed by atoms with Gasteiger partial charge in [0.25, 0.3) is 0 Å². The quantitative estimate of drug-likeness (QED) is 0.585. The van der Waals surface area contributed by atoms with Crippen LogP contribution in [0.25, 0.3) is 11.3 Å². The maximum absolute atomic E-state index is 6.20. The van der Waals surface area contributed by atoms with Crippen LogP contribution in [0.15, 0.2) is 41.9 Å². The van der Waals surface area contributed by atoms with E-state index >= 15 is 0 Å². The van der Waals surface area contributed by atoms with Gasteiger partial charge in [-0.15, -0.1) is 0 Å². The van der Waals surface area contributed by atoms with Crippen LogP contribution in [0, 0.1) is 0 Å². The molecule has 2 aromatic heterocycles. The largest absolute Gasteiger partial charge is 0.496 e. The third-order valence-electron chi connectivity index (χ3n) is 3.62. The highest BCUT2D eigenvalue weighted by atomic mass is 35.5. The lowest BCUT2D eigenvalue weighted by Gasteiger charge is -2.13. The lowest BCUT2D eigenvalue weighted by atomic mass is 10.1. The van der Waals surface area contributed by atoms with Crippen molar-refractivity contribution in [3.63, 3.8) is 0 Å². The van der Waals surface area contributed by atoms with E-state index in [9.17, 15) is 0 Å². The highest BCUT2D eigenvalue weighted by Crippen LogP contribution is 2.39. The van der Waals surface area contributed by atoms with Gasteiger partial charge in [0.15, 0.2) is 5.82 Å². The number of nitrogens with zero attached hydrogens (tertiary/aromatic N) is 3. The predicted octanol–water partition coefficient (Wildman–Crippen LogP) is 3.94. The van der Waals surface area contributed by atoms with E-state index in [1.807, 2.05) is 12.1 Å². The third-order valence-corrected chi connectivity index (χ3v) is 3.93. The summed E-state index contributed by atoms with van der Waals surface area (Å²) in [5.74, 6) is 1.35. The molecule has 0 bridgehead atoms. The highest BCUT2D eigenvalue weighted by molar-refractivity contribution is 6.33. The Labute approximate surface area is 137 Å². The molecule has 0 unspecified atom stereocenters. The highest BCUT2D eigenvalue weighted by Gasteiger charge is 2.17. The van der Waals surface area contributed by atoms with Crippen molar-refractivity contribution in [2.75, 3.05) is 12.4 Å². The number of hydrogen-bond donors (Lipinski definition) is 2. The summed E-state index contributed by atoms with van der Waals surface area (Å²) in [5.41, 5.74) is 4.14. The average Bonchev–Trinajstić information content (AvgIpc) is 3.02. The van der Waals surface area contributed by atoms with E-state index in [0.717, 1.165) is 28.3 Å². The molecule has 0 aliphatic carbocycles. The molecule has 23 heavy (non-hydrogen) atoms. The molecule has 7 heteroatoms. The van der Waals surface area contributed by atoms with Crippen molar-refractivity contribution < 1.29 is 4.74 Å². The van der Waals surface area contributed by atoms with Crippen molar-refractivity contribution in [3.05, 3.63) is 47.5 Å². The van der Waals surface area contributed by atoms with Crippen molar-refractivity contribution in [3.8, 4) is 17.0 Å². The van der Waals surface area contributed by atoms with Gasteiger partial charge in [0.05, 0.1) is 30.4 Å². The molecule has 4 rings (SSSR count). The summed E-state index contributed by atoms with van der Waals surface area (Å²) in [7, 11) is 1.63. The number of pyridine rings is 1. The first-order chi connectivity index (χ1) is 11.3. The van der Waals surface area contributed by atoms with Crippen LogP contribution >= 0.6 is 11.6 Å². The number of methoxy groups -OCH3 is 1. The Kier molecular flexibility index (Phi) is 3.24. The Balaban J connectivity index is 1.89. The van der Waals surface area contributed by atoms with Crippen molar-refractivity contribution in [2.45, 2.75) is 0 Å². The minimum absolute atomic E-state index is 0.548. The first-order valence-corrected chi connectivity index (χ1v) is 7.30. The van der Waals surface area contributed by atoms with Crippen LogP contribution in [-0.4, -0.2) is 28.3 Å². The summed E-state index contributed by atoms with van der Waals surface area (Å²) in [5, 5.41) is 3.84. The van der Waals surface area contributed by atoms with Crippen molar-refractivity contribution in [2.24, 2.45) is 4.99 Å². The Bertz CT molecular complexity index is 905. The molecule has 3 aromatic rings. The zero-order chi connectivity index (χ0) is 15.8. The summed E-state index contributed by atoms with van der Waals surface area (Å²) in [6, 6.07) is 5.61. The van der Waals surface area contributed by atoms with E-state index in [0.29, 0.717) is 16.5 Å². The predicted molar refractivity (Wildman–Crippen MR) is 90.4 cm³/mol. The molecular formula is C16H12ClN5O. The molecule has 0 fully saturated rings. The van der Waals surface area contributed by atoms with Gasteiger partial charge in [-0.2, -0.15) is 0 Å². The number of imidazole rings is 1. The number of aromatic amines is 1. The molecular weight excluding hydrogens is 314 g/mol. The Hall–Kier alpha value is -2.86. The summed E-state index contributed by atoms with van der Waals surface area (Å²) in [6.07, 6.45) is 6.78. The van der Waals surface area contributed by atoms with Crippen molar-refractivity contribution in [1.29, 1.82) is 0 Å². The number of ether oxygens (including phenoxy) is 1. The first-order valence-electron chi connectivity index (χ1n) is 6.92. The second kappa shape index (κ2) is 5.40. The number of H-pyrrole nitrogens is 1. The van der Waals surface area contributed by atoms with Crippen molar-refractivity contribution in [1.82, 2.24) is 15.0 Å². The first kappa shape index (κ1) is 13.8. The number of aliphatic imine (C=N–C) groups is 1. The van der Waals surface area contributed by atoms with Gasteiger partial charge in [-0.1, -0.05) is 11.6 Å². The van der Waals surface area contributed by atoms with E-state index in [2.05, 4.69) is 25.3 Å². The molecule has 1 aliphatic heterocycles. The Morgan fingerprint density at radius 3 is 2.96 bits per heavy atom. The molecule has 3 heterocycles. The third kappa shape index (κ3) is 2.33.